The smallest absolute Gasteiger partial charge is 0.417 e. The minimum atomic E-state index is -4.66. The fourth-order valence-electron chi connectivity index (χ4n) is 2.58. The Morgan fingerprint density at radius 2 is 2.10 bits per heavy atom. The van der Waals surface area contributed by atoms with Crippen LogP contribution in [0.2, 0.25) is 0 Å². The second-order valence-corrected chi connectivity index (χ2v) is 6.21. The summed E-state index contributed by atoms with van der Waals surface area (Å²) in [5.41, 5.74) is -1.41. The van der Waals surface area contributed by atoms with Crippen LogP contribution in [0.5, 0.6) is 0 Å². The number of carboxylic acids is 1. The van der Waals surface area contributed by atoms with E-state index < -0.39 is 23.3 Å². The first kappa shape index (κ1) is 16.0. The monoisotopic (exact) mass is 319 g/mol. The summed E-state index contributed by atoms with van der Waals surface area (Å²) in [7, 11) is 0. The molecule has 2 rings (SSSR count). The number of hydrogen-bond acceptors (Lipinski definition) is 3. The predicted molar refractivity (Wildman–Crippen MR) is 77.0 cm³/mol. The van der Waals surface area contributed by atoms with Gasteiger partial charge in [-0.15, -0.1) is 0 Å². The van der Waals surface area contributed by atoms with Crippen LogP contribution in [-0.2, 0) is 6.18 Å². The van der Waals surface area contributed by atoms with Gasteiger partial charge in [0.1, 0.15) is 0 Å². The molecule has 7 heteroatoms. The molecule has 2 unspecified atom stereocenters. The summed E-state index contributed by atoms with van der Waals surface area (Å²) in [5.74, 6) is -1.57. The molecule has 1 aromatic carbocycles. The highest BCUT2D eigenvalue weighted by molar-refractivity contribution is 7.99. The molecule has 0 saturated heterocycles. The molecule has 116 valence electrons. The Hall–Kier alpha value is -1.37. The summed E-state index contributed by atoms with van der Waals surface area (Å²) in [4.78, 5) is 11.0. The molecular weight excluding hydrogens is 303 g/mol. The van der Waals surface area contributed by atoms with E-state index in [1.54, 1.807) is 11.8 Å². The topological polar surface area (TPSA) is 49.3 Å². The van der Waals surface area contributed by atoms with Gasteiger partial charge in [-0.1, -0.05) is 0 Å². The normalized spacial score (nSPS) is 22.3. The van der Waals surface area contributed by atoms with Crippen LogP contribution < -0.4 is 5.32 Å². The zero-order valence-electron chi connectivity index (χ0n) is 11.4. The maximum Gasteiger partial charge on any atom is 0.417 e. The third-order valence-corrected chi connectivity index (χ3v) is 4.74. The van der Waals surface area contributed by atoms with Crippen LogP contribution in [0.15, 0.2) is 18.2 Å². The summed E-state index contributed by atoms with van der Waals surface area (Å²) >= 11 is 1.78. The van der Waals surface area contributed by atoms with Crippen molar-refractivity contribution in [1.29, 1.82) is 0 Å². The van der Waals surface area contributed by atoms with Crippen LogP contribution in [0.25, 0.3) is 0 Å². The van der Waals surface area contributed by atoms with Gasteiger partial charge in [0, 0.05) is 17.0 Å². The van der Waals surface area contributed by atoms with Crippen molar-refractivity contribution >= 4 is 23.4 Å². The van der Waals surface area contributed by atoms with Crippen molar-refractivity contribution in [1.82, 2.24) is 0 Å². The lowest BCUT2D eigenvalue weighted by molar-refractivity contribution is -0.138. The molecule has 0 aliphatic heterocycles. The molecule has 2 atom stereocenters. The van der Waals surface area contributed by atoms with E-state index in [-0.39, 0.29) is 6.04 Å². The van der Waals surface area contributed by atoms with Crippen molar-refractivity contribution in [3.63, 3.8) is 0 Å². The number of alkyl halides is 3. The number of carboxylic acid groups (broad SMARTS) is 1. The molecule has 1 saturated carbocycles. The van der Waals surface area contributed by atoms with Gasteiger partial charge in [0.05, 0.1) is 11.1 Å². The summed E-state index contributed by atoms with van der Waals surface area (Å²) in [6.45, 7) is 0. The molecule has 3 nitrogen and oxygen atoms in total. The molecule has 0 radical (unpaired) electrons. The van der Waals surface area contributed by atoms with Gasteiger partial charge in [0.25, 0.3) is 0 Å². The SMILES string of the molecule is CSC1CCC(Nc2ccc(C(F)(F)F)c(C(=O)O)c2)C1. The van der Waals surface area contributed by atoms with Crippen LogP contribution in [0.3, 0.4) is 0 Å². The molecule has 1 aliphatic rings. The van der Waals surface area contributed by atoms with E-state index in [1.807, 2.05) is 6.26 Å². The molecule has 0 heterocycles. The number of halogens is 3. The quantitative estimate of drug-likeness (QED) is 0.877. The Bertz CT molecular complexity index is 533. The van der Waals surface area contributed by atoms with Crippen molar-refractivity contribution < 1.29 is 23.1 Å². The zero-order chi connectivity index (χ0) is 15.6. The van der Waals surface area contributed by atoms with Crippen LogP contribution >= 0.6 is 11.8 Å². The summed E-state index contributed by atoms with van der Waals surface area (Å²) in [5, 5.41) is 12.7. The molecule has 0 bridgehead atoms. The number of benzene rings is 1. The van der Waals surface area contributed by atoms with Gasteiger partial charge in [-0.2, -0.15) is 24.9 Å². The summed E-state index contributed by atoms with van der Waals surface area (Å²) in [6.07, 6.45) is 0.308. The Balaban J connectivity index is 2.19. The minimum Gasteiger partial charge on any atom is -0.478 e. The van der Waals surface area contributed by atoms with Gasteiger partial charge in [-0.3, -0.25) is 0 Å². The highest BCUT2D eigenvalue weighted by Gasteiger charge is 2.35. The Morgan fingerprint density at radius 3 is 2.62 bits per heavy atom. The first-order valence-corrected chi connectivity index (χ1v) is 7.84. The van der Waals surface area contributed by atoms with E-state index in [1.165, 1.54) is 6.07 Å². The van der Waals surface area contributed by atoms with Crippen molar-refractivity contribution in [2.24, 2.45) is 0 Å². The predicted octanol–water partition coefficient (Wildman–Crippen LogP) is 4.10. The number of rotatable bonds is 4. The van der Waals surface area contributed by atoms with E-state index in [0.29, 0.717) is 10.9 Å². The third kappa shape index (κ3) is 3.84. The highest BCUT2D eigenvalue weighted by Crippen LogP contribution is 2.35. The van der Waals surface area contributed by atoms with Crippen LogP contribution in [0.1, 0.15) is 35.2 Å². The average molecular weight is 319 g/mol. The molecule has 1 aromatic rings. The number of nitrogens with one attached hydrogen (secondary N) is 1. The Kier molecular flexibility index (Phi) is 4.70. The molecule has 21 heavy (non-hydrogen) atoms. The number of hydrogen-bond donors (Lipinski definition) is 2. The van der Waals surface area contributed by atoms with Crippen molar-refractivity contribution in [2.45, 2.75) is 36.7 Å². The second kappa shape index (κ2) is 6.17. The zero-order valence-corrected chi connectivity index (χ0v) is 12.2. The van der Waals surface area contributed by atoms with Crippen LogP contribution in [0.4, 0.5) is 18.9 Å². The van der Waals surface area contributed by atoms with Crippen LogP contribution in [0, 0.1) is 0 Å². The van der Waals surface area contributed by atoms with E-state index in [9.17, 15) is 18.0 Å². The maximum atomic E-state index is 12.8. The van der Waals surface area contributed by atoms with E-state index in [0.717, 1.165) is 31.4 Å². The van der Waals surface area contributed by atoms with Gasteiger partial charge in [-0.25, -0.2) is 4.79 Å². The molecule has 2 N–H and O–H groups in total. The van der Waals surface area contributed by atoms with Gasteiger partial charge >= 0.3 is 12.1 Å². The third-order valence-electron chi connectivity index (χ3n) is 3.64. The van der Waals surface area contributed by atoms with Gasteiger partial charge in [0.15, 0.2) is 0 Å². The molecule has 0 amide bonds. The summed E-state index contributed by atoms with van der Waals surface area (Å²) < 4.78 is 38.3. The minimum absolute atomic E-state index is 0.181. The van der Waals surface area contributed by atoms with Crippen LogP contribution in [-0.4, -0.2) is 28.6 Å². The number of carbonyl (C=O) groups is 1. The lowest BCUT2D eigenvalue weighted by atomic mass is 10.1. The van der Waals surface area contributed by atoms with Crippen molar-refractivity contribution in [3.05, 3.63) is 29.3 Å². The van der Waals surface area contributed by atoms with Gasteiger partial charge in [-0.05, 0) is 43.7 Å². The second-order valence-electron chi connectivity index (χ2n) is 5.08. The van der Waals surface area contributed by atoms with Gasteiger partial charge < -0.3 is 10.4 Å². The number of thioether (sulfide) groups is 1. The van der Waals surface area contributed by atoms with E-state index in [2.05, 4.69) is 5.32 Å². The fourth-order valence-corrected chi connectivity index (χ4v) is 3.38. The Morgan fingerprint density at radius 1 is 1.38 bits per heavy atom. The largest absolute Gasteiger partial charge is 0.478 e. The van der Waals surface area contributed by atoms with E-state index >= 15 is 0 Å². The average Bonchev–Trinajstić information content (AvgIpc) is 2.85. The number of aromatic carboxylic acids is 1. The molecule has 1 aliphatic carbocycles. The molecule has 0 aromatic heterocycles. The maximum absolute atomic E-state index is 12.8. The van der Waals surface area contributed by atoms with Gasteiger partial charge in [0.2, 0.25) is 0 Å². The molecular formula is C14H16F3NO2S. The fraction of sp³-hybridized carbons (Fsp3) is 0.500. The number of anilines is 1. The first-order chi connectivity index (χ1) is 9.81. The van der Waals surface area contributed by atoms with E-state index in [4.69, 9.17) is 5.11 Å². The Labute approximate surface area is 124 Å². The standard InChI is InChI=1S/C14H16F3NO2S/c1-21-10-4-2-8(6-10)18-9-3-5-12(14(15,16)17)11(7-9)13(19)20/h3,5,7-8,10,18H,2,4,6H2,1H3,(H,19,20). The molecule has 1 fully saturated rings. The lowest BCUT2D eigenvalue weighted by Gasteiger charge is -2.17. The highest BCUT2D eigenvalue weighted by atomic mass is 32.2. The first-order valence-electron chi connectivity index (χ1n) is 6.55. The van der Waals surface area contributed by atoms with Crippen molar-refractivity contribution in [2.75, 3.05) is 11.6 Å². The summed E-state index contributed by atoms with van der Waals surface area (Å²) in [6, 6.07) is 3.37. The molecule has 0 spiro atoms. The lowest BCUT2D eigenvalue weighted by Crippen LogP contribution is -2.18. The van der Waals surface area contributed by atoms with Crippen molar-refractivity contribution in [3.8, 4) is 0 Å².